The number of aliphatic carboxylic acids is 1. The Morgan fingerprint density at radius 1 is 1.21 bits per heavy atom. The Kier molecular flexibility index (Phi) is 5.94. The number of carboxylic acids is 1. The summed E-state index contributed by atoms with van der Waals surface area (Å²) >= 11 is 0. The first-order valence-electron chi connectivity index (χ1n) is 9.31. The molecule has 3 N–H and O–H groups in total. The SMILES string of the molecule is O=C(c1cncc(O)c1)N1CC[C@H](O)[C@](CCCc2ccccc2)(C(=O)O)C1. The lowest BCUT2D eigenvalue weighted by molar-refractivity contribution is -0.162. The number of rotatable bonds is 6. The molecule has 3 rings (SSSR count). The first-order valence-corrected chi connectivity index (χ1v) is 9.31. The number of carboxylic acid groups (broad SMARTS) is 1. The number of hydrogen-bond acceptors (Lipinski definition) is 5. The van der Waals surface area contributed by atoms with Crippen LogP contribution in [0.15, 0.2) is 48.8 Å². The molecule has 0 radical (unpaired) electrons. The number of benzene rings is 1. The van der Waals surface area contributed by atoms with Crippen molar-refractivity contribution in [1.29, 1.82) is 0 Å². The minimum absolute atomic E-state index is 0.0766. The highest BCUT2D eigenvalue weighted by Gasteiger charge is 2.49. The van der Waals surface area contributed by atoms with Crippen molar-refractivity contribution in [3.8, 4) is 5.75 Å². The topological polar surface area (TPSA) is 111 Å². The van der Waals surface area contributed by atoms with Gasteiger partial charge in [-0.2, -0.15) is 0 Å². The third-order valence-electron chi connectivity index (χ3n) is 5.40. The van der Waals surface area contributed by atoms with Crippen molar-refractivity contribution >= 4 is 11.9 Å². The third-order valence-corrected chi connectivity index (χ3v) is 5.40. The van der Waals surface area contributed by atoms with E-state index in [0.29, 0.717) is 12.8 Å². The van der Waals surface area contributed by atoms with Crippen LogP contribution in [0.4, 0.5) is 0 Å². The average molecular weight is 384 g/mol. The van der Waals surface area contributed by atoms with E-state index in [4.69, 9.17) is 0 Å². The molecule has 2 heterocycles. The molecule has 7 nitrogen and oxygen atoms in total. The summed E-state index contributed by atoms with van der Waals surface area (Å²) in [6.45, 7) is 0.177. The molecular formula is C21H24N2O5. The maximum absolute atomic E-state index is 12.8. The third kappa shape index (κ3) is 4.14. The number of aromatic hydroxyl groups is 1. The number of carbonyl (C=O) groups is 2. The standard InChI is InChI=1S/C21H24N2O5/c24-17-11-16(12-22-13-17)19(26)23-10-8-18(25)21(14-23,20(27)28)9-4-7-15-5-2-1-3-6-15/h1-3,5-6,11-13,18,24-25H,4,7-10,14H2,(H,27,28)/t18-,21+/m0/s1. The molecule has 7 heteroatoms. The van der Waals surface area contributed by atoms with Gasteiger partial charge in [0.25, 0.3) is 5.91 Å². The zero-order valence-electron chi connectivity index (χ0n) is 15.5. The van der Waals surface area contributed by atoms with Crippen LogP contribution in [0.2, 0.25) is 0 Å². The molecule has 0 aliphatic carbocycles. The molecule has 1 aliphatic heterocycles. The van der Waals surface area contributed by atoms with E-state index in [2.05, 4.69) is 4.98 Å². The second kappa shape index (κ2) is 8.39. The van der Waals surface area contributed by atoms with E-state index in [1.54, 1.807) is 0 Å². The normalized spacial score (nSPS) is 22.0. The molecule has 2 atom stereocenters. The number of aryl methyl sites for hydroxylation is 1. The van der Waals surface area contributed by atoms with Crippen molar-refractivity contribution < 1.29 is 24.9 Å². The van der Waals surface area contributed by atoms with Crippen LogP contribution >= 0.6 is 0 Å². The second-order valence-electron chi connectivity index (χ2n) is 7.26. The zero-order valence-corrected chi connectivity index (χ0v) is 15.5. The monoisotopic (exact) mass is 384 g/mol. The summed E-state index contributed by atoms with van der Waals surface area (Å²) in [4.78, 5) is 30.1. The fraction of sp³-hybridized carbons (Fsp3) is 0.381. The van der Waals surface area contributed by atoms with Gasteiger partial charge in [0, 0.05) is 19.3 Å². The van der Waals surface area contributed by atoms with Crippen LogP contribution in [0.3, 0.4) is 0 Å². The Labute approximate surface area is 163 Å². The molecule has 1 aromatic carbocycles. The lowest BCUT2D eigenvalue weighted by atomic mass is 9.73. The van der Waals surface area contributed by atoms with Gasteiger partial charge in [-0.1, -0.05) is 30.3 Å². The van der Waals surface area contributed by atoms with Crippen molar-refractivity contribution in [3.05, 3.63) is 59.9 Å². The smallest absolute Gasteiger partial charge is 0.314 e. The van der Waals surface area contributed by atoms with Crippen LogP contribution in [0, 0.1) is 5.41 Å². The Morgan fingerprint density at radius 3 is 2.64 bits per heavy atom. The van der Waals surface area contributed by atoms with E-state index in [0.717, 1.165) is 5.56 Å². The summed E-state index contributed by atoms with van der Waals surface area (Å²) < 4.78 is 0. The molecule has 0 saturated carbocycles. The maximum Gasteiger partial charge on any atom is 0.314 e. The number of aliphatic hydroxyl groups is 1. The van der Waals surface area contributed by atoms with Gasteiger partial charge in [0.05, 0.1) is 17.9 Å². The van der Waals surface area contributed by atoms with Gasteiger partial charge in [-0.05, 0) is 37.3 Å². The molecule has 28 heavy (non-hydrogen) atoms. The predicted octanol–water partition coefficient (Wildman–Crippen LogP) is 2.09. The Morgan fingerprint density at radius 2 is 1.96 bits per heavy atom. The second-order valence-corrected chi connectivity index (χ2v) is 7.26. The Bertz CT molecular complexity index is 842. The lowest BCUT2D eigenvalue weighted by Crippen LogP contribution is -2.57. The number of likely N-dealkylation sites (tertiary alicyclic amines) is 1. The van der Waals surface area contributed by atoms with Crippen molar-refractivity contribution in [1.82, 2.24) is 9.88 Å². The molecular weight excluding hydrogens is 360 g/mol. The van der Waals surface area contributed by atoms with E-state index >= 15 is 0 Å². The van der Waals surface area contributed by atoms with Gasteiger partial charge in [0.2, 0.25) is 0 Å². The van der Waals surface area contributed by atoms with Crippen LogP contribution < -0.4 is 0 Å². The number of nitrogens with zero attached hydrogens (tertiary/aromatic N) is 2. The first kappa shape index (κ1) is 19.8. The highest BCUT2D eigenvalue weighted by atomic mass is 16.4. The van der Waals surface area contributed by atoms with E-state index < -0.39 is 23.4 Å². The maximum atomic E-state index is 12.8. The summed E-state index contributed by atoms with van der Waals surface area (Å²) in [7, 11) is 0. The van der Waals surface area contributed by atoms with E-state index in [1.165, 1.54) is 23.4 Å². The zero-order chi connectivity index (χ0) is 20.1. The largest absolute Gasteiger partial charge is 0.506 e. The molecule has 1 aromatic heterocycles. The summed E-state index contributed by atoms with van der Waals surface area (Å²) in [6, 6.07) is 11.1. The quantitative estimate of drug-likeness (QED) is 0.703. The van der Waals surface area contributed by atoms with Gasteiger partial charge in [0.1, 0.15) is 11.2 Å². The van der Waals surface area contributed by atoms with Crippen LogP contribution in [-0.4, -0.2) is 56.3 Å². The van der Waals surface area contributed by atoms with E-state index in [9.17, 15) is 24.9 Å². The number of aromatic nitrogens is 1. The van der Waals surface area contributed by atoms with Crippen molar-refractivity contribution in [2.24, 2.45) is 5.41 Å². The first-order chi connectivity index (χ1) is 13.4. The Hall–Kier alpha value is -2.93. The minimum Gasteiger partial charge on any atom is -0.506 e. The molecule has 1 fully saturated rings. The summed E-state index contributed by atoms with van der Waals surface area (Å²) in [5.74, 6) is -1.63. The fourth-order valence-electron chi connectivity index (χ4n) is 3.80. The molecule has 1 amide bonds. The molecule has 1 aliphatic rings. The van der Waals surface area contributed by atoms with E-state index in [1.807, 2.05) is 30.3 Å². The number of aliphatic hydroxyl groups excluding tert-OH is 1. The molecule has 0 unspecified atom stereocenters. The average Bonchev–Trinajstić information content (AvgIpc) is 2.69. The molecule has 2 aromatic rings. The number of piperidine rings is 1. The van der Waals surface area contributed by atoms with Gasteiger partial charge in [-0.25, -0.2) is 0 Å². The van der Waals surface area contributed by atoms with Crippen LogP contribution in [-0.2, 0) is 11.2 Å². The number of carbonyl (C=O) groups excluding carboxylic acids is 1. The van der Waals surface area contributed by atoms with Crippen LogP contribution in [0.1, 0.15) is 35.2 Å². The Balaban J connectivity index is 1.75. The van der Waals surface area contributed by atoms with Crippen molar-refractivity contribution in [3.63, 3.8) is 0 Å². The summed E-state index contributed by atoms with van der Waals surface area (Å²) in [6.07, 6.45) is 3.28. The van der Waals surface area contributed by atoms with Crippen molar-refractivity contribution in [2.75, 3.05) is 13.1 Å². The molecule has 0 spiro atoms. The van der Waals surface area contributed by atoms with Gasteiger partial charge >= 0.3 is 5.97 Å². The molecule has 1 saturated heterocycles. The summed E-state index contributed by atoms with van der Waals surface area (Å²) in [5.41, 5.74) is -0.112. The van der Waals surface area contributed by atoms with Crippen LogP contribution in [0.25, 0.3) is 0 Å². The highest BCUT2D eigenvalue weighted by molar-refractivity contribution is 5.94. The lowest BCUT2D eigenvalue weighted by Gasteiger charge is -2.43. The van der Waals surface area contributed by atoms with Gasteiger partial charge in [0.15, 0.2) is 0 Å². The number of pyridine rings is 1. The number of hydrogen-bond donors (Lipinski definition) is 3. The van der Waals surface area contributed by atoms with E-state index in [-0.39, 0.29) is 37.2 Å². The predicted molar refractivity (Wildman–Crippen MR) is 102 cm³/mol. The number of amides is 1. The molecule has 0 bridgehead atoms. The highest BCUT2D eigenvalue weighted by Crippen LogP contribution is 2.36. The van der Waals surface area contributed by atoms with Crippen molar-refractivity contribution in [2.45, 2.75) is 31.8 Å². The van der Waals surface area contributed by atoms with Gasteiger partial charge in [-0.15, -0.1) is 0 Å². The fourth-order valence-corrected chi connectivity index (χ4v) is 3.80. The minimum atomic E-state index is -1.41. The van der Waals surface area contributed by atoms with Gasteiger partial charge < -0.3 is 20.2 Å². The van der Waals surface area contributed by atoms with Gasteiger partial charge in [-0.3, -0.25) is 14.6 Å². The summed E-state index contributed by atoms with van der Waals surface area (Å²) in [5, 5.41) is 30.0. The van der Waals surface area contributed by atoms with Crippen LogP contribution in [0.5, 0.6) is 5.75 Å². The molecule has 148 valence electrons.